The number of carboxylic acid groups (broad SMARTS) is 1. The summed E-state index contributed by atoms with van der Waals surface area (Å²) >= 11 is 12.4. The Hall–Kier alpha value is -4.08. The Morgan fingerprint density at radius 3 is 2.21 bits per heavy atom. The van der Waals surface area contributed by atoms with Crippen molar-refractivity contribution in [1.82, 2.24) is 10.3 Å². The first kappa shape index (κ1) is 32.4. The quantitative estimate of drug-likeness (QED) is 0.130. The van der Waals surface area contributed by atoms with Gasteiger partial charge < -0.3 is 15.7 Å². The number of carboxylic acids is 1. The zero-order valence-electron chi connectivity index (χ0n) is 22.7. The van der Waals surface area contributed by atoms with Crippen LogP contribution < -0.4 is 10.6 Å². The highest BCUT2D eigenvalue weighted by atomic mass is 35.5. The minimum absolute atomic E-state index is 0.0151. The second-order valence-corrected chi connectivity index (χ2v) is 10.1. The van der Waals surface area contributed by atoms with E-state index in [1.165, 1.54) is 0 Å². The third-order valence-corrected chi connectivity index (χ3v) is 6.75. The number of alkyl halides is 3. The summed E-state index contributed by atoms with van der Waals surface area (Å²) in [5.74, 6) is -0.903. The lowest BCUT2D eigenvalue weighted by atomic mass is 9.97. The maximum atomic E-state index is 13.5. The molecular weight excluding hydrogens is 590 g/mol. The van der Waals surface area contributed by atoms with Crippen molar-refractivity contribution < 1.29 is 27.9 Å². The first-order chi connectivity index (χ1) is 19.9. The Morgan fingerprint density at radius 1 is 0.952 bits per heavy atom. The molecule has 220 valence electrons. The van der Waals surface area contributed by atoms with Crippen molar-refractivity contribution in [2.45, 2.75) is 33.0 Å². The van der Waals surface area contributed by atoms with Crippen LogP contribution in [0.3, 0.4) is 0 Å². The maximum Gasteiger partial charge on any atom is 0.416 e. The molecule has 0 atom stereocenters. The largest absolute Gasteiger partial charge is 0.481 e. The summed E-state index contributed by atoms with van der Waals surface area (Å²) in [5.41, 5.74) is 5.53. The molecule has 3 N–H and O–H groups in total. The summed E-state index contributed by atoms with van der Waals surface area (Å²) in [6.07, 6.45) is -2.48. The van der Waals surface area contributed by atoms with E-state index >= 15 is 0 Å². The molecule has 0 fully saturated rings. The van der Waals surface area contributed by atoms with E-state index in [0.717, 1.165) is 40.2 Å². The van der Waals surface area contributed by atoms with Crippen molar-refractivity contribution in [3.63, 3.8) is 0 Å². The van der Waals surface area contributed by atoms with Crippen molar-refractivity contribution in [2.75, 3.05) is 11.9 Å². The van der Waals surface area contributed by atoms with E-state index in [4.69, 9.17) is 28.3 Å². The van der Waals surface area contributed by atoms with Crippen molar-refractivity contribution in [3.8, 4) is 22.3 Å². The van der Waals surface area contributed by atoms with E-state index in [9.17, 15) is 22.8 Å². The molecule has 1 amide bonds. The van der Waals surface area contributed by atoms with E-state index in [0.29, 0.717) is 28.1 Å². The maximum absolute atomic E-state index is 13.5. The Kier molecular flexibility index (Phi) is 11.4. The third kappa shape index (κ3) is 9.22. The topological polar surface area (TPSA) is 91.3 Å². The van der Waals surface area contributed by atoms with Gasteiger partial charge in [0.15, 0.2) is 0 Å². The number of halogens is 5. The van der Waals surface area contributed by atoms with Crippen LogP contribution >= 0.6 is 23.2 Å². The molecule has 0 radical (unpaired) electrons. The lowest BCUT2D eigenvalue weighted by Crippen LogP contribution is -2.15. The van der Waals surface area contributed by atoms with Gasteiger partial charge in [-0.2, -0.15) is 13.2 Å². The number of aryl methyl sites for hydroxylation is 2. The summed E-state index contributed by atoms with van der Waals surface area (Å²) in [6.45, 7) is 4.28. The van der Waals surface area contributed by atoms with E-state index in [-0.39, 0.29) is 24.5 Å². The second kappa shape index (κ2) is 14.7. The van der Waals surface area contributed by atoms with Crippen LogP contribution in [0.5, 0.6) is 0 Å². The molecule has 0 bridgehead atoms. The molecule has 4 rings (SSSR count). The number of hydrogen-bond acceptors (Lipinski definition) is 4. The van der Waals surface area contributed by atoms with Gasteiger partial charge >= 0.3 is 12.1 Å². The molecule has 0 aliphatic heterocycles. The number of pyridine rings is 1. The summed E-state index contributed by atoms with van der Waals surface area (Å²) in [7, 11) is 0. The second-order valence-electron chi connectivity index (χ2n) is 9.28. The fourth-order valence-corrected chi connectivity index (χ4v) is 4.43. The van der Waals surface area contributed by atoms with Gasteiger partial charge in [0.25, 0.3) is 0 Å². The normalized spacial score (nSPS) is 10.8. The number of carbonyl (C=O) groups excluding carboxylic acids is 1. The monoisotopic (exact) mass is 617 g/mol. The Morgan fingerprint density at radius 2 is 1.64 bits per heavy atom. The molecule has 42 heavy (non-hydrogen) atoms. The molecule has 6 nitrogen and oxygen atoms in total. The predicted octanol–water partition coefficient (Wildman–Crippen LogP) is 8.18. The third-order valence-electron chi connectivity index (χ3n) is 6.16. The van der Waals surface area contributed by atoms with Crippen LogP contribution in [-0.4, -0.2) is 29.0 Å². The van der Waals surface area contributed by atoms with Crippen molar-refractivity contribution >= 4 is 41.3 Å². The summed E-state index contributed by atoms with van der Waals surface area (Å²) < 4.78 is 40.4. The molecule has 4 aromatic rings. The van der Waals surface area contributed by atoms with Gasteiger partial charge in [-0.1, -0.05) is 47.5 Å². The number of benzene rings is 3. The van der Waals surface area contributed by atoms with Crippen LogP contribution in [-0.2, 0) is 22.3 Å². The number of amides is 1. The average Bonchev–Trinajstić information content (AvgIpc) is 2.93. The number of rotatable bonds is 9. The highest BCUT2D eigenvalue weighted by Gasteiger charge is 2.32. The zero-order valence-corrected chi connectivity index (χ0v) is 24.2. The number of anilines is 1. The molecule has 0 unspecified atom stereocenters. The van der Waals surface area contributed by atoms with Crippen LogP contribution in [0, 0.1) is 13.8 Å². The standard InChI is InChI=1S/C27H21Cl2F3N2.C4H7NO3/c1-16-11-22(9-10-23(16)18-5-7-21(28)8-6-18)34-15-25-24(19-4-3-17(2)33-14-19)12-20(13-26(25)29)27(30,31)32;6-3-5-2-1-4(7)8/h3-14,34H,15H2,1-2H3;3H,1-2H2,(H,5,6)(H,7,8). The number of carbonyl (C=O) groups is 2. The van der Waals surface area contributed by atoms with Gasteiger partial charge in [-0.3, -0.25) is 14.6 Å². The fraction of sp³-hybridized carbons (Fsp3) is 0.194. The molecule has 0 saturated carbocycles. The number of nitrogens with one attached hydrogen (secondary N) is 2. The Bertz CT molecular complexity index is 1530. The van der Waals surface area contributed by atoms with Gasteiger partial charge in [0.05, 0.1) is 12.0 Å². The first-order valence-corrected chi connectivity index (χ1v) is 13.5. The molecule has 0 spiro atoms. The van der Waals surface area contributed by atoms with E-state index in [1.807, 2.05) is 56.3 Å². The SMILES string of the molecule is Cc1ccc(-c2cc(C(F)(F)F)cc(Cl)c2CNc2ccc(-c3ccc(Cl)cc3)c(C)c2)cn1.O=CNCCC(=O)O. The molecule has 11 heteroatoms. The van der Waals surface area contributed by atoms with Gasteiger partial charge in [0, 0.05) is 46.3 Å². The minimum Gasteiger partial charge on any atom is -0.481 e. The van der Waals surface area contributed by atoms with E-state index < -0.39 is 17.7 Å². The van der Waals surface area contributed by atoms with Gasteiger partial charge in [-0.25, -0.2) is 0 Å². The average molecular weight is 618 g/mol. The molecule has 0 aliphatic carbocycles. The lowest BCUT2D eigenvalue weighted by molar-refractivity contribution is -0.138. The van der Waals surface area contributed by atoms with E-state index in [1.54, 1.807) is 18.3 Å². The number of hydrogen-bond donors (Lipinski definition) is 3. The highest BCUT2D eigenvalue weighted by Crippen LogP contribution is 2.38. The Labute approximate surface area is 251 Å². The fourth-order valence-electron chi connectivity index (χ4n) is 4.02. The summed E-state index contributed by atoms with van der Waals surface area (Å²) in [4.78, 5) is 23.4. The van der Waals surface area contributed by atoms with Crippen molar-refractivity contribution in [2.24, 2.45) is 0 Å². The predicted molar refractivity (Wildman–Crippen MR) is 160 cm³/mol. The van der Waals surface area contributed by atoms with Gasteiger partial charge in [0.1, 0.15) is 0 Å². The van der Waals surface area contributed by atoms with E-state index in [2.05, 4.69) is 15.6 Å². The lowest BCUT2D eigenvalue weighted by Gasteiger charge is -2.17. The molecule has 0 aliphatic rings. The van der Waals surface area contributed by atoms with Crippen LogP contribution in [0.25, 0.3) is 22.3 Å². The van der Waals surface area contributed by atoms with Gasteiger partial charge in [0.2, 0.25) is 6.41 Å². The number of aromatic nitrogens is 1. The summed E-state index contributed by atoms with van der Waals surface area (Å²) in [5, 5.41) is 14.2. The number of nitrogens with zero attached hydrogens (tertiary/aromatic N) is 1. The van der Waals surface area contributed by atoms with Gasteiger partial charge in [-0.15, -0.1) is 0 Å². The number of aliphatic carboxylic acids is 1. The van der Waals surface area contributed by atoms with Crippen LogP contribution in [0.15, 0.2) is 72.9 Å². The van der Waals surface area contributed by atoms with Crippen LogP contribution in [0.4, 0.5) is 18.9 Å². The van der Waals surface area contributed by atoms with Crippen molar-refractivity contribution in [1.29, 1.82) is 0 Å². The minimum atomic E-state index is -4.50. The molecule has 3 aromatic carbocycles. The molecule has 1 heterocycles. The van der Waals surface area contributed by atoms with Gasteiger partial charge in [-0.05, 0) is 84.1 Å². The molecular formula is C31H28Cl2F3N3O3. The molecule has 0 saturated heterocycles. The van der Waals surface area contributed by atoms with Crippen molar-refractivity contribution in [3.05, 3.63) is 105 Å². The Balaban J connectivity index is 0.000000531. The highest BCUT2D eigenvalue weighted by molar-refractivity contribution is 6.32. The van der Waals surface area contributed by atoms with Crippen LogP contribution in [0.1, 0.15) is 28.8 Å². The van der Waals surface area contributed by atoms with Crippen LogP contribution in [0.2, 0.25) is 10.0 Å². The summed E-state index contributed by atoms with van der Waals surface area (Å²) in [6, 6.07) is 19.2. The molecule has 1 aromatic heterocycles. The smallest absolute Gasteiger partial charge is 0.416 e. The zero-order chi connectivity index (χ0) is 30.9. The first-order valence-electron chi connectivity index (χ1n) is 12.7.